The van der Waals surface area contributed by atoms with Gasteiger partial charge in [-0.2, -0.15) is 0 Å². The summed E-state index contributed by atoms with van der Waals surface area (Å²) in [5, 5.41) is 23.6. The van der Waals surface area contributed by atoms with Crippen LogP contribution in [0.4, 0.5) is 0 Å². The van der Waals surface area contributed by atoms with Crippen LogP contribution in [0, 0.1) is 40.8 Å². The van der Waals surface area contributed by atoms with Crippen LogP contribution in [0.1, 0.15) is 0 Å². The fourth-order valence-corrected chi connectivity index (χ4v) is 0. The Morgan fingerprint density at radius 2 is 0.545 bits per heavy atom. The van der Waals surface area contributed by atoms with Crippen molar-refractivity contribution in [2.45, 2.75) is 11.4 Å². The number of carboxylic acid groups (broad SMARTS) is 3. The summed E-state index contributed by atoms with van der Waals surface area (Å²) in [6.07, 6.45) is 0. The molecular formula is C6H3Cl9NdO6. The van der Waals surface area contributed by atoms with Crippen molar-refractivity contribution in [3.63, 3.8) is 0 Å². The Labute approximate surface area is 201 Å². The molecule has 0 saturated carbocycles. The van der Waals surface area contributed by atoms with E-state index in [2.05, 4.69) is 0 Å². The average molecular weight is 634 g/mol. The van der Waals surface area contributed by atoms with Gasteiger partial charge in [-0.25, -0.2) is 14.4 Å². The molecule has 6 nitrogen and oxygen atoms in total. The van der Waals surface area contributed by atoms with Crippen molar-refractivity contribution in [3.05, 3.63) is 0 Å². The molecule has 0 fully saturated rings. The van der Waals surface area contributed by atoms with Crippen molar-refractivity contribution in [1.29, 1.82) is 0 Å². The van der Waals surface area contributed by atoms with Crippen LogP contribution in [-0.2, 0) is 14.4 Å². The van der Waals surface area contributed by atoms with E-state index >= 15 is 0 Å². The molecule has 0 aliphatic carbocycles. The molecule has 130 valence electrons. The summed E-state index contributed by atoms with van der Waals surface area (Å²) in [5.74, 6) is -4.38. The summed E-state index contributed by atoms with van der Waals surface area (Å²) in [7, 11) is 0. The molecule has 0 rings (SSSR count). The maximum atomic E-state index is 9.62. The molecule has 0 saturated heterocycles. The summed E-state index contributed by atoms with van der Waals surface area (Å²) in [6, 6.07) is 0. The fourth-order valence-electron chi connectivity index (χ4n) is 0. The molecule has 22 heavy (non-hydrogen) atoms. The van der Waals surface area contributed by atoms with Crippen LogP contribution in [0.5, 0.6) is 0 Å². The fraction of sp³-hybridized carbons (Fsp3) is 0.500. The number of hydrogen-bond donors (Lipinski definition) is 3. The van der Waals surface area contributed by atoms with Crippen molar-refractivity contribution in [2.24, 2.45) is 0 Å². The second-order valence-electron chi connectivity index (χ2n) is 2.41. The van der Waals surface area contributed by atoms with Gasteiger partial charge in [-0.1, -0.05) is 104 Å². The predicted octanol–water partition coefficient (Wildman–Crippen LogP) is 4.32. The van der Waals surface area contributed by atoms with E-state index in [0.29, 0.717) is 0 Å². The van der Waals surface area contributed by atoms with E-state index in [1.54, 1.807) is 0 Å². The number of halogens is 9. The molecule has 0 heterocycles. The van der Waals surface area contributed by atoms with Gasteiger partial charge >= 0.3 is 17.9 Å². The summed E-state index contributed by atoms with van der Waals surface area (Å²) in [5.41, 5.74) is 0. The predicted molar refractivity (Wildman–Crippen MR) is 83.8 cm³/mol. The van der Waals surface area contributed by atoms with Crippen LogP contribution < -0.4 is 0 Å². The summed E-state index contributed by atoms with van der Waals surface area (Å²) in [4.78, 5) is 28.9. The van der Waals surface area contributed by atoms with Crippen molar-refractivity contribution < 1.29 is 70.5 Å². The molecule has 16 heteroatoms. The standard InChI is InChI=1S/3C2HCl3O2.Nd/c3*3-2(4,5)1(6)7;/h3*(H,6,7);. The Hall–Kier alpha value is 2.37. The van der Waals surface area contributed by atoms with Gasteiger partial charge in [0.25, 0.3) is 11.4 Å². The van der Waals surface area contributed by atoms with Gasteiger partial charge < -0.3 is 15.3 Å². The van der Waals surface area contributed by atoms with Gasteiger partial charge in [0.15, 0.2) is 0 Å². The molecule has 0 radical (unpaired) electrons. The number of aliphatic carboxylic acids is 3. The van der Waals surface area contributed by atoms with E-state index < -0.39 is 29.3 Å². The second kappa shape index (κ2) is 13.6. The van der Waals surface area contributed by atoms with Crippen LogP contribution in [0.2, 0.25) is 0 Å². The topological polar surface area (TPSA) is 112 Å². The SMILES string of the molecule is O=C(O)C(Cl)(Cl)Cl.O=C(O)C(Cl)(Cl)Cl.O=C(O)C(Cl)(Cl)Cl.[Nd]. The van der Waals surface area contributed by atoms with Crippen molar-refractivity contribution in [3.8, 4) is 0 Å². The Morgan fingerprint density at radius 1 is 0.500 bits per heavy atom. The first-order valence-corrected chi connectivity index (χ1v) is 7.14. The van der Waals surface area contributed by atoms with Gasteiger partial charge in [-0.05, 0) is 0 Å². The first-order chi connectivity index (χ1) is 8.83. The van der Waals surface area contributed by atoms with Gasteiger partial charge in [0.05, 0.1) is 0 Å². The Bertz CT molecular complexity index is 313. The third-order valence-electron chi connectivity index (χ3n) is 0.728. The maximum Gasteiger partial charge on any atom is 0.356 e. The van der Waals surface area contributed by atoms with Gasteiger partial charge in [0, 0.05) is 40.8 Å². The molecule has 0 aromatic rings. The third-order valence-corrected chi connectivity index (χ3v) is 2.18. The molecular weight excluding hydrogens is 631 g/mol. The van der Waals surface area contributed by atoms with Crippen molar-refractivity contribution >= 4 is 122 Å². The minimum absolute atomic E-state index is 0. The van der Waals surface area contributed by atoms with Gasteiger partial charge in [-0.15, -0.1) is 0 Å². The Morgan fingerprint density at radius 3 is 0.545 bits per heavy atom. The number of rotatable bonds is 0. The smallest absolute Gasteiger partial charge is 0.356 e. The van der Waals surface area contributed by atoms with Crippen molar-refractivity contribution in [2.75, 3.05) is 0 Å². The second-order valence-corrected chi connectivity index (χ2v) is 9.25. The van der Waals surface area contributed by atoms with E-state index in [9.17, 15) is 14.4 Å². The summed E-state index contributed by atoms with van der Waals surface area (Å²) in [6.45, 7) is 0. The summed E-state index contributed by atoms with van der Waals surface area (Å²) >= 11 is 43.2. The van der Waals surface area contributed by atoms with E-state index in [4.69, 9.17) is 120 Å². The number of carboxylic acids is 3. The first kappa shape index (κ1) is 32.1. The maximum absolute atomic E-state index is 9.62. The zero-order valence-electron chi connectivity index (χ0n) is 9.47. The van der Waals surface area contributed by atoms with Crippen molar-refractivity contribution in [1.82, 2.24) is 0 Å². The molecule has 3 N–H and O–H groups in total. The van der Waals surface area contributed by atoms with E-state index in [0.717, 1.165) is 0 Å². The molecule has 0 aliphatic rings. The quantitative estimate of drug-likeness (QED) is 0.343. The summed E-state index contributed by atoms with van der Waals surface area (Å²) < 4.78 is -6.50. The molecule has 0 aromatic heterocycles. The number of hydrogen-bond acceptors (Lipinski definition) is 3. The minimum Gasteiger partial charge on any atom is -0.478 e. The van der Waals surface area contributed by atoms with Crippen LogP contribution >= 0.6 is 104 Å². The molecule has 0 aliphatic heterocycles. The number of alkyl halides is 9. The third kappa shape index (κ3) is 24.6. The largest absolute Gasteiger partial charge is 0.478 e. The Kier molecular flexibility index (Phi) is 19.8. The first-order valence-electron chi connectivity index (χ1n) is 3.73. The van der Waals surface area contributed by atoms with Gasteiger partial charge in [-0.3, -0.25) is 0 Å². The van der Waals surface area contributed by atoms with E-state index in [-0.39, 0.29) is 40.8 Å². The molecule has 0 aromatic carbocycles. The van der Waals surface area contributed by atoms with E-state index in [1.165, 1.54) is 0 Å². The zero-order valence-corrected chi connectivity index (χ0v) is 19.5. The normalized spacial score (nSPS) is 10.8. The molecule has 0 unspecified atom stereocenters. The molecule has 0 amide bonds. The van der Waals surface area contributed by atoms with Crippen LogP contribution in [0.25, 0.3) is 0 Å². The molecule has 0 atom stereocenters. The zero-order chi connectivity index (χ0) is 18.2. The van der Waals surface area contributed by atoms with Gasteiger partial charge in [0.1, 0.15) is 0 Å². The Balaban J connectivity index is -0.000000108. The average Bonchev–Trinajstić information content (AvgIpc) is 2.14. The molecule has 0 spiro atoms. The molecule has 0 bridgehead atoms. The van der Waals surface area contributed by atoms with Crippen LogP contribution in [-0.4, -0.2) is 44.6 Å². The van der Waals surface area contributed by atoms with Crippen LogP contribution in [0.3, 0.4) is 0 Å². The minimum atomic E-state index is -2.17. The monoisotopic (exact) mass is 628 g/mol. The van der Waals surface area contributed by atoms with Gasteiger partial charge in [0.2, 0.25) is 0 Å². The van der Waals surface area contributed by atoms with E-state index in [1.807, 2.05) is 0 Å². The van der Waals surface area contributed by atoms with Crippen LogP contribution in [0.15, 0.2) is 0 Å². The number of carbonyl (C=O) groups is 3.